The van der Waals surface area contributed by atoms with Gasteiger partial charge in [0.25, 0.3) is 5.56 Å². The average Bonchev–Trinajstić information content (AvgIpc) is 2.84. The summed E-state index contributed by atoms with van der Waals surface area (Å²) >= 11 is 0. The first-order chi connectivity index (χ1) is 8.70. The molecule has 3 heterocycles. The van der Waals surface area contributed by atoms with Crippen molar-refractivity contribution in [1.82, 2.24) is 19.7 Å². The monoisotopic (exact) mass is 278 g/mol. The summed E-state index contributed by atoms with van der Waals surface area (Å²) in [7, 11) is 0. The van der Waals surface area contributed by atoms with E-state index in [1.165, 1.54) is 18.2 Å². The first kappa shape index (κ1) is 13.5. The van der Waals surface area contributed by atoms with Crippen LogP contribution in [0.15, 0.2) is 16.9 Å². The third-order valence-corrected chi connectivity index (χ3v) is 2.99. The van der Waals surface area contributed by atoms with Crippen molar-refractivity contribution >= 4 is 24.6 Å². The fraction of sp³-hybridized carbons (Fsp3) is 0.308. The molecule has 0 spiro atoms. The number of halogens is 1. The molecule has 0 aliphatic carbocycles. The number of hydrogen-bond donors (Lipinski definition) is 1. The molecule has 3 rings (SSSR count). The van der Waals surface area contributed by atoms with Crippen LogP contribution < -0.4 is 5.56 Å². The second-order valence-electron chi connectivity index (χ2n) is 4.49. The lowest BCUT2D eigenvalue weighted by Crippen LogP contribution is -2.08. The van der Waals surface area contributed by atoms with Gasteiger partial charge in [-0.25, -0.2) is 4.98 Å². The van der Waals surface area contributed by atoms with Crippen LogP contribution in [0.4, 0.5) is 0 Å². The van der Waals surface area contributed by atoms with Crippen molar-refractivity contribution in [2.75, 3.05) is 0 Å². The second-order valence-corrected chi connectivity index (χ2v) is 4.49. The van der Waals surface area contributed by atoms with Crippen molar-refractivity contribution < 1.29 is 0 Å². The molecule has 0 aromatic carbocycles. The average molecular weight is 279 g/mol. The van der Waals surface area contributed by atoms with Gasteiger partial charge in [0.15, 0.2) is 0 Å². The highest BCUT2D eigenvalue weighted by molar-refractivity contribution is 5.85. The number of hydrogen-bond acceptors (Lipinski definition) is 3. The lowest BCUT2D eigenvalue weighted by molar-refractivity contribution is 0.655. The van der Waals surface area contributed by atoms with Gasteiger partial charge in [-0.3, -0.25) is 9.48 Å². The minimum absolute atomic E-state index is 0. The molecule has 2 aromatic rings. The molecule has 0 atom stereocenters. The maximum absolute atomic E-state index is 11.3. The summed E-state index contributed by atoms with van der Waals surface area (Å²) in [4.78, 5) is 18.2. The molecule has 1 aliphatic heterocycles. The summed E-state index contributed by atoms with van der Waals surface area (Å²) in [6.45, 7) is 2.81. The highest BCUT2D eigenvalue weighted by atomic mass is 35.5. The molecule has 6 heteroatoms. The summed E-state index contributed by atoms with van der Waals surface area (Å²) in [6.07, 6.45) is 5.94. The van der Waals surface area contributed by atoms with Crippen LogP contribution in [0.5, 0.6) is 0 Å². The van der Waals surface area contributed by atoms with E-state index in [9.17, 15) is 4.79 Å². The fourth-order valence-electron chi connectivity index (χ4n) is 2.21. The van der Waals surface area contributed by atoms with Gasteiger partial charge in [0.1, 0.15) is 5.82 Å². The molecule has 0 radical (unpaired) electrons. The van der Waals surface area contributed by atoms with Gasteiger partial charge in [-0.2, -0.15) is 5.10 Å². The first-order valence-corrected chi connectivity index (χ1v) is 6.03. The topological polar surface area (TPSA) is 63.6 Å². The predicted molar refractivity (Wildman–Crippen MR) is 76.3 cm³/mol. The first-order valence-electron chi connectivity index (χ1n) is 6.03. The Morgan fingerprint density at radius 2 is 2.21 bits per heavy atom. The zero-order chi connectivity index (χ0) is 12.5. The number of rotatable bonds is 2. The van der Waals surface area contributed by atoms with Crippen molar-refractivity contribution in [2.24, 2.45) is 0 Å². The van der Waals surface area contributed by atoms with E-state index in [1.54, 1.807) is 13.0 Å². The van der Waals surface area contributed by atoms with Crippen LogP contribution in [0, 0.1) is 6.92 Å². The molecule has 0 saturated carbocycles. The maximum Gasteiger partial charge on any atom is 0.251 e. The molecular formula is C13H15ClN4O. The Labute approximate surface area is 116 Å². The Kier molecular flexibility index (Phi) is 3.85. The lowest BCUT2D eigenvalue weighted by Gasteiger charge is -1.94. The molecule has 2 aromatic heterocycles. The highest BCUT2D eigenvalue weighted by Crippen LogP contribution is 2.16. The van der Waals surface area contributed by atoms with Crippen LogP contribution in [-0.4, -0.2) is 19.7 Å². The van der Waals surface area contributed by atoms with Crippen LogP contribution in [0.3, 0.4) is 0 Å². The van der Waals surface area contributed by atoms with E-state index in [0.717, 1.165) is 18.7 Å². The van der Waals surface area contributed by atoms with Gasteiger partial charge in [-0.15, -0.1) is 12.4 Å². The Bertz CT molecular complexity index is 650. The van der Waals surface area contributed by atoms with E-state index in [-0.39, 0.29) is 18.0 Å². The highest BCUT2D eigenvalue weighted by Gasteiger charge is 2.11. The smallest absolute Gasteiger partial charge is 0.251 e. The number of nitrogens with zero attached hydrogens (tertiary/aromatic N) is 3. The van der Waals surface area contributed by atoms with Gasteiger partial charge in [-0.05, 0) is 38.0 Å². The van der Waals surface area contributed by atoms with Gasteiger partial charge in [0.2, 0.25) is 0 Å². The molecule has 19 heavy (non-hydrogen) atoms. The fourth-order valence-corrected chi connectivity index (χ4v) is 2.21. The molecule has 1 N–H and O–H groups in total. The van der Waals surface area contributed by atoms with Gasteiger partial charge in [0, 0.05) is 24.0 Å². The lowest BCUT2D eigenvalue weighted by atomic mass is 10.2. The molecule has 0 amide bonds. The van der Waals surface area contributed by atoms with Crippen LogP contribution in [-0.2, 0) is 13.0 Å². The Hall–Kier alpha value is -1.88. The van der Waals surface area contributed by atoms with Crippen molar-refractivity contribution in [3.05, 3.63) is 45.4 Å². The number of H-pyrrole nitrogens is 1. The minimum Gasteiger partial charge on any atom is -0.307 e. The summed E-state index contributed by atoms with van der Waals surface area (Å²) in [5, 5.41) is 4.46. The number of aromatic amines is 1. The van der Waals surface area contributed by atoms with Crippen molar-refractivity contribution in [1.29, 1.82) is 0 Å². The molecule has 0 fully saturated rings. The van der Waals surface area contributed by atoms with Crippen LogP contribution in [0.2, 0.25) is 0 Å². The molecule has 1 aliphatic rings. The van der Waals surface area contributed by atoms with Crippen molar-refractivity contribution in [3.63, 3.8) is 0 Å². The summed E-state index contributed by atoms with van der Waals surface area (Å²) in [6, 6.07) is 3.56. The van der Waals surface area contributed by atoms with E-state index in [1.807, 2.05) is 10.8 Å². The van der Waals surface area contributed by atoms with Crippen LogP contribution in [0.25, 0.3) is 12.2 Å². The Morgan fingerprint density at radius 3 is 2.95 bits per heavy atom. The number of fused-ring (bicyclic) bond motifs is 1. The molecule has 100 valence electrons. The second kappa shape index (κ2) is 5.40. The maximum atomic E-state index is 11.3. The SMILES string of the molecule is Cc1cc(=O)[nH]c(/C=C/c2cc3n(n2)CCC3)n1.Cl. The normalized spacial score (nSPS) is 13.5. The standard InChI is InChI=1S/C13H14N4O.ClH/c1-9-7-13(18)15-12(14-9)5-4-10-8-11-3-2-6-17(11)16-10;/h4-5,7-8H,2-3,6H2,1H3,(H,14,15,18);1H/b5-4+;. The summed E-state index contributed by atoms with van der Waals surface area (Å²) in [5.74, 6) is 0.563. The molecule has 0 unspecified atom stereocenters. The minimum atomic E-state index is -0.130. The van der Waals surface area contributed by atoms with E-state index >= 15 is 0 Å². The largest absolute Gasteiger partial charge is 0.307 e. The molecule has 5 nitrogen and oxygen atoms in total. The Balaban J connectivity index is 0.00000133. The van der Waals surface area contributed by atoms with Crippen molar-refractivity contribution in [2.45, 2.75) is 26.3 Å². The molecule has 0 bridgehead atoms. The zero-order valence-corrected chi connectivity index (χ0v) is 11.4. The Morgan fingerprint density at radius 1 is 1.37 bits per heavy atom. The quantitative estimate of drug-likeness (QED) is 0.911. The van der Waals surface area contributed by atoms with Crippen LogP contribution >= 0.6 is 12.4 Å². The number of nitrogens with one attached hydrogen (secondary N) is 1. The predicted octanol–water partition coefficient (Wildman–Crippen LogP) is 1.81. The zero-order valence-electron chi connectivity index (χ0n) is 10.6. The van der Waals surface area contributed by atoms with Gasteiger partial charge >= 0.3 is 0 Å². The van der Waals surface area contributed by atoms with E-state index in [2.05, 4.69) is 21.1 Å². The number of aryl methyl sites for hydroxylation is 3. The van der Waals surface area contributed by atoms with E-state index < -0.39 is 0 Å². The van der Waals surface area contributed by atoms with E-state index in [4.69, 9.17) is 0 Å². The van der Waals surface area contributed by atoms with Gasteiger partial charge in [0.05, 0.1) is 5.69 Å². The van der Waals surface area contributed by atoms with Gasteiger partial charge < -0.3 is 4.98 Å². The third kappa shape index (κ3) is 2.93. The molecule has 0 saturated heterocycles. The van der Waals surface area contributed by atoms with E-state index in [0.29, 0.717) is 11.5 Å². The third-order valence-electron chi connectivity index (χ3n) is 2.99. The molecular weight excluding hydrogens is 264 g/mol. The number of aromatic nitrogens is 4. The van der Waals surface area contributed by atoms with Crippen LogP contribution in [0.1, 0.15) is 29.3 Å². The van der Waals surface area contributed by atoms with Gasteiger partial charge in [-0.1, -0.05) is 0 Å². The summed E-state index contributed by atoms with van der Waals surface area (Å²) in [5.41, 5.74) is 2.77. The van der Waals surface area contributed by atoms with Crippen molar-refractivity contribution in [3.8, 4) is 0 Å². The summed E-state index contributed by atoms with van der Waals surface area (Å²) < 4.78 is 2.03.